The number of amides is 1. The van der Waals surface area contributed by atoms with Crippen molar-refractivity contribution in [1.82, 2.24) is 10.2 Å². The molecule has 3 rings (SSSR count). The highest BCUT2D eigenvalue weighted by atomic mass is 16.3. The highest BCUT2D eigenvalue weighted by molar-refractivity contribution is 5.87. The van der Waals surface area contributed by atoms with Crippen LogP contribution in [0, 0.1) is 12.8 Å². The number of fused-ring (bicyclic) bond motifs is 1. The molecule has 0 aliphatic carbocycles. The minimum atomic E-state index is 0.0810. The van der Waals surface area contributed by atoms with Crippen molar-refractivity contribution in [3.8, 4) is 0 Å². The van der Waals surface area contributed by atoms with Gasteiger partial charge in [0, 0.05) is 24.0 Å². The molecule has 1 N–H and O–H groups in total. The molecule has 0 radical (unpaired) electrons. The molecule has 1 saturated heterocycles. The number of rotatable bonds is 5. The smallest absolute Gasteiger partial charge is 0.224 e. The largest absolute Gasteiger partial charge is 0.464 e. The van der Waals surface area contributed by atoms with E-state index in [0.717, 1.165) is 36.0 Å². The molecule has 2 aromatic rings. The first-order valence-corrected chi connectivity index (χ1v) is 8.54. The van der Waals surface area contributed by atoms with E-state index < -0.39 is 0 Å². The number of hydrogen-bond acceptors (Lipinski definition) is 3. The van der Waals surface area contributed by atoms with Crippen molar-refractivity contribution in [2.24, 2.45) is 5.92 Å². The Labute approximate surface area is 137 Å². The van der Waals surface area contributed by atoms with E-state index in [1.54, 1.807) is 6.26 Å². The molecule has 23 heavy (non-hydrogen) atoms. The lowest BCUT2D eigenvalue weighted by Gasteiger charge is -2.29. The van der Waals surface area contributed by atoms with Crippen LogP contribution in [0.3, 0.4) is 0 Å². The number of benzene rings is 1. The molecular formula is C19H26N2O2. The second kappa shape index (κ2) is 7.18. The predicted molar refractivity (Wildman–Crippen MR) is 92.5 cm³/mol. The summed E-state index contributed by atoms with van der Waals surface area (Å²) in [6, 6.07) is 6.10. The number of furan rings is 1. The van der Waals surface area contributed by atoms with Gasteiger partial charge in [0.2, 0.25) is 5.91 Å². The summed E-state index contributed by atoms with van der Waals surface area (Å²) in [4.78, 5) is 14.5. The quantitative estimate of drug-likeness (QED) is 0.922. The van der Waals surface area contributed by atoms with E-state index in [0.29, 0.717) is 12.3 Å². The molecule has 1 fully saturated rings. The van der Waals surface area contributed by atoms with Crippen molar-refractivity contribution in [2.45, 2.75) is 32.6 Å². The molecule has 124 valence electrons. The minimum absolute atomic E-state index is 0.0810. The van der Waals surface area contributed by atoms with Gasteiger partial charge in [0.15, 0.2) is 0 Å². The van der Waals surface area contributed by atoms with Crippen LogP contribution in [0.4, 0.5) is 0 Å². The molecule has 1 atom stereocenters. The van der Waals surface area contributed by atoms with Gasteiger partial charge in [-0.15, -0.1) is 0 Å². The molecule has 2 heterocycles. The topological polar surface area (TPSA) is 45.5 Å². The van der Waals surface area contributed by atoms with Crippen LogP contribution in [0.1, 0.15) is 30.4 Å². The van der Waals surface area contributed by atoms with Crippen LogP contribution < -0.4 is 5.32 Å². The summed E-state index contributed by atoms with van der Waals surface area (Å²) in [7, 11) is 2.18. The number of nitrogens with one attached hydrogen (secondary N) is 1. The summed E-state index contributed by atoms with van der Waals surface area (Å²) in [5.41, 5.74) is 2.99. The van der Waals surface area contributed by atoms with E-state index in [4.69, 9.17) is 4.42 Å². The van der Waals surface area contributed by atoms with Gasteiger partial charge in [-0.1, -0.05) is 12.1 Å². The van der Waals surface area contributed by atoms with E-state index in [-0.39, 0.29) is 5.91 Å². The second-order valence-electron chi connectivity index (χ2n) is 6.85. The van der Waals surface area contributed by atoms with E-state index in [1.165, 1.54) is 24.9 Å². The van der Waals surface area contributed by atoms with Crippen LogP contribution in [0.25, 0.3) is 11.0 Å². The fourth-order valence-corrected chi connectivity index (χ4v) is 3.49. The normalized spacial score (nSPS) is 19.1. The molecule has 1 amide bonds. The minimum Gasteiger partial charge on any atom is -0.464 e. The molecule has 1 aromatic carbocycles. The van der Waals surface area contributed by atoms with Crippen molar-refractivity contribution < 1.29 is 9.21 Å². The maximum atomic E-state index is 12.2. The SMILES string of the molecule is Cc1ccc2c(CC(=O)NCCC3CCCN(C)C3)coc2c1. The van der Waals surface area contributed by atoms with Crippen molar-refractivity contribution in [2.75, 3.05) is 26.7 Å². The van der Waals surface area contributed by atoms with Crippen molar-refractivity contribution in [3.05, 3.63) is 35.6 Å². The number of aryl methyl sites for hydroxylation is 1. The van der Waals surface area contributed by atoms with E-state index in [9.17, 15) is 4.79 Å². The van der Waals surface area contributed by atoms with Crippen LogP contribution in [-0.4, -0.2) is 37.5 Å². The maximum absolute atomic E-state index is 12.2. The lowest BCUT2D eigenvalue weighted by atomic mass is 9.95. The summed E-state index contributed by atoms with van der Waals surface area (Å²) in [6.07, 6.45) is 5.73. The van der Waals surface area contributed by atoms with Crippen LogP contribution in [-0.2, 0) is 11.2 Å². The zero-order chi connectivity index (χ0) is 16.2. The van der Waals surface area contributed by atoms with E-state index >= 15 is 0 Å². The molecule has 4 nitrogen and oxygen atoms in total. The van der Waals surface area contributed by atoms with Gasteiger partial charge < -0.3 is 14.6 Å². The Hall–Kier alpha value is -1.81. The van der Waals surface area contributed by atoms with Gasteiger partial charge >= 0.3 is 0 Å². The van der Waals surface area contributed by atoms with Gasteiger partial charge in [0.25, 0.3) is 0 Å². The lowest BCUT2D eigenvalue weighted by Crippen LogP contribution is -2.34. The van der Waals surface area contributed by atoms with Crippen molar-refractivity contribution in [3.63, 3.8) is 0 Å². The average molecular weight is 314 g/mol. The third-order valence-corrected chi connectivity index (χ3v) is 4.76. The molecule has 1 unspecified atom stereocenters. The highest BCUT2D eigenvalue weighted by Crippen LogP contribution is 2.22. The maximum Gasteiger partial charge on any atom is 0.224 e. The third kappa shape index (κ3) is 4.14. The van der Waals surface area contributed by atoms with Crippen LogP contribution in [0.15, 0.2) is 28.9 Å². The Morgan fingerprint density at radius 3 is 3.13 bits per heavy atom. The highest BCUT2D eigenvalue weighted by Gasteiger charge is 2.17. The fourth-order valence-electron chi connectivity index (χ4n) is 3.49. The number of carbonyl (C=O) groups excluding carboxylic acids is 1. The van der Waals surface area contributed by atoms with Gasteiger partial charge in [0.1, 0.15) is 5.58 Å². The Balaban J connectivity index is 1.49. The number of nitrogens with zero attached hydrogens (tertiary/aromatic N) is 1. The number of piperidine rings is 1. The van der Waals surface area contributed by atoms with Gasteiger partial charge in [0.05, 0.1) is 12.7 Å². The number of hydrogen-bond donors (Lipinski definition) is 1. The van der Waals surface area contributed by atoms with Crippen molar-refractivity contribution in [1.29, 1.82) is 0 Å². The molecule has 1 aliphatic rings. The van der Waals surface area contributed by atoms with Crippen LogP contribution in [0.5, 0.6) is 0 Å². The third-order valence-electron chi connectivity index (χ3n) is 4.76. The molecular weight excluding hydrogens is 288 g/mol. The Morgan fingerprint density at radius 2 is 2.30 bits per heavy atom. The van der Waals surface area contributed by atoms with Gasteiger partial charge in [-0.2, -0.15) is 0 Å². The Bertz CT molecular complexity index is 677. The number of carbonyl (C=O) groups is 1. The Kier molecular flexibility index (Phi) is 5.01. The molecule has 4 heteroatoms. The van der Waals surface area contributed by atoms with Crippen molar-refractivity contribution >= 4 is 16.9 Å². The summed E-state index contributed by atoms with van der Waals surface area (Å²) in [6.45, 7) is 5.17. The lowest BCUT2D eigenvalue weighted by molar-refractivity contribution is -0.120. The zero-order valence-corrected chi connectivity index (χ0v) is 14.1. The monoisotopic (exact) mass is 314 g/mol. The molecule has 1 aromatic heterocycles. The zero-order valence-electron chi connectivity index (χ0n) is 14.1. The van der Waals surface area contributed by atoms with Crippen LogP contribution in [0.2, 0.25) is 0 Å². The Morgan fingerprint density at radius 1 is 1.43 bits per heavy atom. The summed E-state index contributed by atoms with van der Waals surface area (Å²) < 4.78 is 5.56. The standard InChI is InChI=1S/C19H26N2O2/c1-14-5-6-17-16(13-23-18(17)10-14)11-19(22)20-8-7-15-4-3-9-21(2)12-15/h5-6,10,13,15H,3-4,7-9,11-12H2,1-2H3,(H,20,22). The fraction of sp³-hybridized carbons (Fsp3) is 0.526. The number of likely N-dealkylation sites (tertiary alicyclic amines) is 1. The van der Waals surface area contributed by atoms with Gasteiger partial charge in [-0.25, -0.2) is 0 Å². The van der Waals surface area contributed by atoms with Crippen LogP contribution >= 0.6 is 0 Å². The second-order valence-corrected chi connectivity index (χ2v) is 6.85. The molecule has 0 spiro atoms. The van der Waals surface area contributed by atoms with Gasteiger partial charge in [-0.05, 0) is 57.3 Å². The predicted octanol–water partition coefficient (Wildman–Crippen LogP) is 3.13. The molecule has 0 bridgehead atoms. The first kappa shape index (κ1) is 16.1. The molecule has 1 aliphatic heterocycles. The first-order chi connectivity index (χ1) is 11.1. The summed E-state index contributed by atoms with van der Waals surface area (Å²) in [5.74, 6) is 0.796. The first-order valence-electron chi connectivity index (χ1n) is 8.54. The van der Waals surface area contributed by atoms with Gasteiger partial charge in [-0.3, -0.25) is 4.79 Å². The van der Waals surface area contributed by atoms with E-state index in [2.05, 4.69) is 23.3 Å². The average Bonchev–Trinajstić information content (AvgIpc) is 2.89. The summed E-state index contributed by atoms with van der Waals surface area (Å²) >= 11 is 0. The summed E-state index contributed by atoms with van der Waals surface area (Å²) in [5, 5.41) is 4.10. The van der Waals surface area contributed by atoms with E-state index in [1.807, 2.05) is 19.1 Å². The molecule has 0 saturated carbocycles.